The van der Waals surface area contributed by atoms with Gasteiger partial charge in [0, 0.05) is 31.7 Å². The second kappa shape index (κ2) is 10.6. The molecule has 2 aromatic carbocycles. The van der Waals surface area contributed by atoms with Crippen LogP contribution in [-0.2, 0) is 27.1 Å². The van der Waals surface area contributed by atoms with Crippen molar-refractivity contribution in [3.05, 3.63) is 65.7 Å². The van der Waals surface area contributed by atoms with Crippen molar-refractivity contribution < 1.29 is 18.3 Å². The zero-order valence-electron chi connectivity index (χ0n) is 19.0. The summed E-state index contributed by atoms with van der Waals surface area (Å²) in [6.45, 7) is 4.24. The molecule has 2 heterocycles. The molecule has 4 rings (SSSR count). The van der Waals surface area contributed by atoms with Gasteiger partial charge in [0.2, 0.25) is 15.2 Å². The summed E-state index contributed by atoms with van der Waals surface area (Å²) in [5, 5.41) is 18.5. The second-order valence-electron chi connectivity index (χ2n) is 8.48. The molecule has 0 bridgehead atoms. The quantitative estimate of drug-likeness (QED) is 0.426. The Morgan fingerprint density at radius 3 is 2.44 bits per heavy atom. The molecule has 1 aliphatic heterocycles. The van der Waals surface area contributed by atoms with Crippen LogP contribution in [-0.4, -0.2) is 54.2 Å². The highest BCUT2D eigenvalue weighted by Gasteiger charge is 2.32. The molecule has 8 nitrogen and oxygen atoms in total. The molecule has 1 N–H and O–H groups in total. The first kappa shape index (κ1) is 24.3. The lowest BCUT2D eigenvalue weighted by Crippen LogP contribution is -2.49. The number of rotatable bonds is 11. The van der Waals surface area contributed by atoms with Crippen LogP contribution in [0, 0.1) is 5.92 Å². The van der Waals surface area contributed by atoms with Crippen molar-refractivity contribution >= 4 is 32.5 Å². The van der Waals surface area contributed by atoms with Crippen molar-refractivity contribution in [3.63, 3.8) is 0 Å². The lowest BCUT2D eigenvalue weighted by Gasteiger charge is -2.36. The van der Waals surface area contributed by atoms with Crippen LogP contribution in [0.4, 0.5) is 5.13 Å². The minimum atomic E-state index is -3.60. The first-order valence-corrected chi connectivity index (χ1v) is 13.7. The molecule has 0 amide bonds. The number of anilines is 1. The van der Waals surface area contributed by atoms with E-state index >= 15 is 0 Å². The number of unbranched alkanes of at least 4 members (excludes halogenated alkanes) is 1. The third-order valence-electron chi connectivity index (χ3n) is 5.78. The number of benzene rings is 2. The molecule has 0 spiro atoms. The van der Waals surface area contributed by atoms with Crippen LogP contribution in [0.5, 0.6) is 0 Å². The smallest absolute Gasteiger partial charge is 0.309 e. The number of carboxylic acid groups (broad SMARTS) is 1. The summed E-state index contributed by atoms with van der Waals surface area (Å²) in [4.78, 5) is 13.1. The first-order valence-electron chi connectivity index (χ1n) is 11.3. The van der Waals surface area contributed by atoms with Gasteiger partial charge in [-0.2, -0.15) is 0 Å². The van der Waals surface area contributed by atoms with Gasteiger partial charge in [0.05, 0.1) is 11.7 Å². The van der Waals surface area contributed by atoms with E-state index in [4.69, 9.17) is 5.11 Å². The van der Waals surface area contributed by atoms with Crippen LogP contribution < -0.4 is 4.31 Å². The molecule has 1 aromatic heterocycles. The Balaban J connectivity index is 1.47. The average molecular weight is 501 g/mol. The minimum Gasteiger partial charge on any atom is -0.481 e. The molecule has 3 aromatic rings. The van der Waals surface area contributed by atoms with Crippen LogP contribution in [0.1, 0.15) is 30.9 Å². The average Bonchev–Trinajstić information content (AvgIpc) is 3.26. The van der Waals surface area contributed by atoms with E-state index in [0.29, 0.717) is 36.3 Å². The molecule has 0 unspecified atom stereocenters. The summed E-state index contributed by atoms with van der Waals surface area (Å²) in [5.74, 6) is -1.09. The lowest BCUT2D eigenvalue weighted by molar-refractivity contribution is -0.147. The lowest BCUT2D eigenvalue weighted by atomic mass is 9.99. The number of hydrogen-bond acceptors (Lipinski definition) is 7. The topological polar surface area (TPSA) is 104 Å². The van der Waals surface area contributed by atoms with E-state index in [1.807, 2.05) is 61.5 Å². The fraction of sp³-hybridized carbons (Fsp3) is 0.375. The molecule has 10 heteroatoms. The van der Waals surface area contributed by atoms with Gasteiger partial charge in [-0.25, -0.2) is 12.7 Å². The zero-order chi connectivity index (χ0) is 24.1. The van der Waals surface area contributed by atoms with Crippen LogP contribution >= 0.6 is 11.3 Å². The van der Waals surface area contributed by atoms with E-state index in [0.717, 1.165) is 29.5 Å². The van der Waals surface area contributed by atoms with E-state index in [2.05, 4.69) is 15.1 Å². The molecule has 1 saturated heterocycles. The van der Waals surface area contributed by atoms with Gasteiger partial charge in [-0.1, -0.05) is 79.3 Å². The fourth-order valence-electron chi connectivity index (χ4n) is 3.82. The summed E-state index contributed by atoms with van der Waals surface area (Å²) in [6, 6.07) is 17.0. The maximum Gasteiger partial charge on any atom is 0.309 e. The maximum atomic E-state index is 13.2. The normalized spacial score (nSPS) is 14.6. The molecule has 34 heavy (non-hydrogen) atoms. The number of nitrogens with zero attached hydrogens (tertiary/aromatic N) is 4. The number of carbonyl (C=O) groups is 1. The standard InChI is InChI=1S/C24H28N4O4S2/c1-2-3-13-28(34(31,32)17-19-7-5-4-6-8-19)24-26-25-22(33-24)20-11-9-18(10-12-20)14-27-15-21(16-27)23(29)30/h4-12,21H,2-3,13-17H2,1H3,(H,29,30). The van der Waals surface area contributed by atoms with Gasteiger partial charge in [-0.3, -0.25) is 9.69 Å². The number of likely N-dealkylation sites (tertiary alicyclic amines) is 1. The zero-order valence-corrected chi connectivity index (χ0v) is 20.6. The van der Waals surface area contributed by atoms with E-state index in [1.54, 1.807) is 0 Å². The second-order valence-corrected chi connectivity index (χ2v) is 11.3. The van der Waals surface area contributed by atoms with E-state index in [1.165, 1.54) is 15.6 Å². The Morgan fingerprint density at radius 1 is 1.09 bits per heavy atom. The van der Waals surface area contributed by atoms with Gasteiger partial charge in [0.15, 0.2) is 0 Å². The fourth-order valence-corrected chi connectivity index (χ4v) is 6.50. The molecular formula is C24H28N4O4S2. The predicted molar refractivity (Wildman–Crippen MR) is 133 cm³/mol. The van der Waals surface area contributed by atoms with Crippen molar-refractivity contribution in [2.45, 2.75) is 32.1 Å². The Labute approximate surface area is 203 Å². The number of carboxylic acids is 1. The van der Waals surface area contributed by atoms with Crippen molar-refractivity contribution in [1.29, 1.82) is 0 Å². The van der Waals surface area contributed by atoms with E-state index < -0.39 is 16.0 Å². The number of aromatic nitrogens is 2. The number of aliphatic carboxylic acids is 1. The monoisotopic (exact) mass is 500 g/mol. The third kappa shape index (κ3) is 5.81. The Morgan fingerprint density at radius 2 is 1.79 bits per heavy atom. The van der Waals surface area contributed by atoms with Crippen LogP contribution in [0.15, 0.2) is 54.6 Å². The summed E-state index contributed by atoms with van der Waals surface area (Å²) in [7, 11) is -3.60. The van der Waals surface area contributed by atoms with Crippen LogP contribution in [0.25, 0.3) is 10.6 Å². The van der Waals surface area contributed by atoms with Gasteiger partial charge in [0.25, 0.3) is 0 Å². The Hall–Kier alpha value is -2.82. The first-order chi connectivity index (χ1) is 16.4. The van der Waals surface area contributed by atoms with E-state index in [-0.39, 0.29) is 11.7 Å². The van der Waals surface area contributed by atoms with Gasteiger partial charge in [-0.05, 0) is 17.5 Å². The van der Waals surface area contributed by atoms with Crippen molar-refractivity contribution in [1.82, 2.24) is 15.1 Å². The van der Waals surface area contributed by atoms with Gasteiger partial charge in [-0.15, -0.1) is 10.2 Å². The highest BCUT2D eigenvalue weighted by Crippen LogP contribution is 2.31. The number of sulfonamides is 1. The Bertz CT molecular complexity index is 1210. The van der Waals surface area contributed by atoms with Gasteiger partial charge >= 0.3 is 5.97 Å². The summed E-state index contributed by atoms with van der Waals surface area (Å²) < 4.78 is 27.8. The molecule has 0 radical (unpaired) electrons. The van der Waals surface area contributed by atoms with Gasteiger partial charge in [0.1, 0.15) is 5.01 Å². The molecule has 0 aliphatic carbocycles. The summed E-state index contributed by atoms with van der Waals surface area (Å²) in [6.07, 6.45) is 1.60. The molecule has 1 fully saturated rings. The summed E-state index contributed by atoms with van der Waals surface area (Å²) in [5.41, 5.74) is 2.70. The molecule has 180 valence electrons. The molecule has 1 aliphatic rings. The molecular weight excluding hydrogens is 472 g/mol. The number of hydrogen-bond donors (Lipinski definition) is 1. The SMILES string of the molecule is CCCCN(c1nnc(-c2ccc(CN3CC(C(=O)O)C3)cc2)s1)S(=O)(=O)Cc1ccccc1. The van der Waals surface area contributed by atoms with E-state index in [9.17, 15) is 13.2 Å². The van der Waals surface area contributed by atoms with Crippen molar-refractivity contribution in [3.8, 4) is 10.6 Å². The van der Waals surface area contributed by atoms with Gasteiger partial charge < -0.3 is 5.11 Å². The highest BCUT2D eigenvalue weighted by molar-refractivity contribution is 7.92. The summed E-state index contributed by atoms with van der Waals surface area (Å²) >= 11 is 1.27. The largest absolute Gasteiger partial charge is 0.481 e. The maximum absolute atomic E-state index is 13.2. The van der Waals surface area contributed by atoms with Crippen molar-refractivity contribution in [2.24, 2.45) is 5.92 Å². The van der Waals surface area contributed by atoms with Crippen LogP contribution in [0.3, 0.4) is 0 Å². The minimum absolute atomic E-state index is 0.0829. The third-order valence-corrected chi connectivity index (χ3v) is 8.62. The molecule has 0 saturated carbocycles. The Kier molecular flexibility index (Phi) is 7.60. The van der Waals surface area contributed by atoms with Crippen molar-refractivity contribution in [2.75, 3.05) is 23.9 Å². The molecule has 0 atom stereocenters. The van der Waals surface area contributed by atoms with Crippen LogP contribution in [0.2, 0.25) is 0 Å². The highest BCUT2D eigenvalue weighted by atomic mass is 32.2. The predicted octanol–water partition coefficient (Wildman–Crippen LogP) is 3.86.